The van der Waals surface area contributed by atoms with E-state index in [1.165, 1.54) is 11.8 Å². The van der Waals surface area contributed by atoms with Gasteiger partial charge in [0.25, 0.3) is 5.91 Å². The van der Waals surface area contributed by atoms with Crippen LogP contribution in [0.4, 0.5) is 5.69 Å². The Morgan fingerprint density at radius 1 is 1.12 bits per heavy atom. The number of anilines is 1. The summed E-state index contributed by atoms with van der Waals surface area (Å²) in [6.07, 6.45) is 0.101. The summed E-state index contributed by atoms with van der Waals surface area (Å²) in [5.74, 6) is 0.990. The van der Waals surface area contributed by atoms with E-state index in [0.717, 1.165) is 26.9 Å². The van der Waals surface area contributed by atoms with Gasteiger partial charge < -0.3 is 14.4 Å². The largest absolute Gasteiger partial charge is 0.493 e. The van der Waals surface area contributed by atoms with Gasteiger partial charge >= 0.3 is 0 Å². The molecule has 0 N–H and O–H groups in total. The number of ether oxygens (including phenoxy) is 2. The molecule has 0 saturated carbocycles. The lowest BCUT2D eigenvalue weighted by Gasteiger charge is -2.28. The number of methoxy groups -OCH3 is 2. The molecule has 0 bridgehead atoms. The number of thioether (sulfide) groups is 1. The van der Waals surface area contributed by atoms with Crippen LogP contribution in [-0.4, -0.2) is 56.5 Å². The van der Waals surface area contributed by atoms with E-state index in [1.54, 1.807) is 26.4 Å². The first-order valence-corrected chi connectivity index (χ1v) is 13.9. The number of hydrogen-bond acceptors (Lipinski definition) is 6. The molecule has 4 rings (SSSR count). The number of rotatable bonds is 5. The highest BCUT2D eigenvalue weighted by molar-refractivity contribution is 9.10. The molecular formula is C23H25BrN2O5S2. The maximum Gasteiger partial charge on any atom is 0.252 e. The van der Waals surface area contributed by atoms with E-state index in [9.17, 15) is 13.2 Å². The third-order valence-electron chi connectivity index (χ3n) is 5.79. The zero-order valence-corrected chi connectivity index (χ0v) is 22.0. The standard InChI is InChI=1S/C23H25BrN2O5S2/c1-13-7-16(24)8-14(2)22(13)26-17-11-33(28,29)12-20(17)32-23(26)25-21(27)10-15-5-6-18(30-3)19(9-15)31-4/h5-9,17,20H,10-12H2,1-4H3/t17-,20-/m1/s1. The summed E-state index contributed by atoms with van der Waals surface area (Å²) in [7, 11) is -0.0252. The summed E-state index contributed by atoms with van der Waals surface area (Å²) >= 11 is 4.90. The number of aryl methyl sites for hydroxylation is 2. The molecule has 2 aromatic rings. The number of aliphatic imine (C=N–C) groups is 1. The number of fused-ring (bicyclic) bond motifs is 1. The fourth-order valence-electron chi connectivity index (χ4n) is 4.42. The van der Waals surface area contributed by atoms with Gasteiger partial charge in [-0.25, -0.2) is 8.42 Å². The van der Waals surface area contributed by atoms with Crippen LogP contribution in [0.1, 0.15) is 16.7 Å². The van der Waals surface area contributed by atoms with Gasteiger partial charge in [0.1, 0.15) is 0 Å². The van der Waals surface area contributed by atoms with Gasteiger partial charge in [0.15, 0.2) is 26.5 Å². The zero-order chi connectivity index (χ0) is 23.9. The topological polar surface area (TPSA) is 85.3 Å². The number of amides is 1. The van der Waals surface area contributed by atoms with Gasteiger partial charge in [-0.05, 0) is 54.8 Å². The molecule has 2 aliphatic rings. The van der Waals surface area contributed by atoms with Crippen molar-refractivity contribution in [3.05, 3.63) is 51.5 Å². The second kappa shape index (κ2) is 9.31. The van der Waals surface area contributed by atoms with Crippen molar-refractivity contribution < 1.29 is 22.7 Å². The first-order valence-electron chi connectivity index (χ1n) is 10.4. The van der Waals surface area contributed by atoms with Crippen LogP contribution in [0, 0.1) is 13.8 Å². The first-order chi connectivity index (χ1) is 15.6. The molecule has 2 aromatic carbocycles. The fraction of sp³-hybridized carbons (Fsp3) is 0.391. The average molecular weight is 554 g/mol. The van der Waals surface area contributed by atoms with E-state index < -0.39 is 9.84 Å². The number of amidine groups is 1. The van der Waals surface area contributed by atoms with Crippen molar-refractivity contribution in [3.8, 4) is 11.5 Å². The van der Waals surface area contributed by atoms with E-state index in [1.807, 2.05) is 36.9 Å². The van der Waals surface area contributed by atoms with Gasteiger partial charge in [-0.15, -0.1) is 0 Å². The SMILES string of the molecule is COc1ccc(CC(=O)N=C2S[C@@H]3CS(=O)(=O)C[C@H]3N2c2c(C)cc(Br)cc2C)cc1OC. The van der Waals surface area contributed by atoms with Crippen LogP contribution in [0.2, 0.25) is 0 Å². The van der Waals surface area contributed by atoms with Gasteiger partial charge in [-0.1, -0.05) is 33.8 Å². The molecular weight excluding hydrogens is 528 g/mol. The molecule has 2 atom stereocenters. The summed E-state index contributed by atoms with van der Waals surface area (Å²) < 4.78 is 36.2. The molecule has 2 saturated heterocycles. The molecule has 0 spiro atoms. The number of carbonyl (C=O) groups excluding carboxylic acids is 1. The van der Waals surface area contributed by atoms with Crippen LogP contribution in [-0.2, 0) is 21.1 Å². The van der Waals surface area contributed by atoms with Crippen molar-refractivity contribution in [2.75, 3.05) is 30.6 Å². The van der Waals surface area contributed by atoms with Gasteiger partial charge in [-0.3, -0.25) is 4.79 Å². The van der Waals surface area contributed by atoms with E-state index in [-0.39, 0.29) is 35.1 Å². The molecule has 176 valence electrons. The van der Waals surface area contributed by atoms with Crippen molar-refractivity contribution in [2.45, 2.75) is 31.6 Å². The molecule has 2 aliphatic heterocycles. The average Bonchev–Trinajstić information content (AvgIpc) is 3.18. The van der Waals surface area contributed by atoms with Crippen LogP contribution >= 0.6 is 27.7 Å². The summed E-state index contributed by atoms with van der Waals surface area (Å²) in [5, 5.41) is 0.406. The normalized spacial score (nSPS) is 22.5. The lowest BCUT2D eigenvalue weighted by Crippen LogP contribution is -2.38. The minimum atomic E-state index is -3.13. The third-order valence-corrected chi connectivity index (χ3v) is 9.45. The molecule has 10 heteroatoms. The Bertz CT molecular complexity index is 1220. The van der Waals surface area contributed by atoms with Gasteiger partial charge in [-0.2, -0.15) is 4.99 Å². The second-order valence-corrected chi connectivity index (χ2v) is 12.5. The maximum absolute atomic E-state index is 12.9. The Kier molecular flexibility index (Phi) is 6.80. The van der Waals surface area contributed by atoms with Crippen LogP contribution in [0.3, 0.4) is 0 Å². The number of sulfone groups is 1. The van der Waals surface area contributed by atoms with Crippen LogP contribution in [0.25, 0.3) is 0 Å². The summed E-state index contributed by atoms with van der Waals surface area (Å²) in [5.41, 5.74) is 3.66. The zero-order valence-electron chi connectivity index (χ0n) is 18.8. The number of halogens is 1. The first kappa shape index (κ1) is 24.1. The molecule has 0 radical (unpaired) electrons. The minimum absolute atomic E-state index is 0.0580. The molecule has 7 nitrogen and oxygen atoms in total. The number of nitrogens with zero attached hydrogens (tertiary/aromatic N) is 2. The summed E-state index contributed by atoms with van der Waals surface area (Å²) in [6, 6.07) is 9.07. The predicted octanol–water partition coefficient (Wildman–Crippen LogP) is 3.93. The molecule has 1 amide bonds. The maximum atomic E-state index is 12.9. The molecule has 0 aromatic heterocycles. The Morgan fingerprint density at radius 2 is 1.79 bits per heavy atom. The van der Waals surface area contributed by atoms with E-state index >= 15 is 0 Å². The van der Waals surface area contributed by atoms with Crippen molar-refractivity contribution in [2.24, 2.45) is 4.99 Å². The molecule has 33 heavy (non-hydrogen) atoms. The Morgan fingerprint density at radius 3 is 2.42 bits per heavy atom. The second-order valence-electron chi connectivity index (χ2n) is 8.21. The smallest absolute Gasteiger partial charge is 0.252 e. The highest BCUT2D eigenvalue weighted by atomic mass is 79.9. The van der Waals surface area contributed by atoms with Crippen molar-refractivity contribution in [1.29, 1.82) is 0 Å². The summed E-state index contributed by atoms with van der Waals surface area (Å²) in [6.45, 7) is 3.97. The Balaban J connectivity index is 1.68. The van der Waals surface area contributed by atoms with Gasteiger partial charge in [0.2, 0.25) is 0 Å². The van der Waals surface area contributed by atoms with Crippen molar-refractivity contribution in [1.82, 2.24) is 0 Å². The lowest BCUT2D eigenvalue weighted by molar-refractivity contribution is -0.117. The lowest BCUT2D eigenvalue weighted by atomic mass is 10.1. The Labute approximate surface area is 206 Å². The van der Waals surface area contributed by atoms with Gasteiger partial charge in [0.05, 0.1) is 38.2 Å². The number of carbonyl (C=O) groups is 1. The minimum Gasteiger partial charge on any atom is -0.493 e. The van der Waals surface area contributed by atoms with Crippen molar-refractivity contribution >= 4 is 54.3 Å². The molecule has 0 unspecified atom stereocenters. The molecule has 2 fully saturated rings. The monoisotopic (exact) mass is 552 g/mol. The Hall–Kier alpha value is -2.04. The quantitative estimate of drug-likeness (QED) is 0.555. The summed E-state index contributed by atoms with van der Waals surface area (Å²) in [4.78, 5) is 19.4. The molecule has 0 aliphatic carbocycles. The highest BCUT2D eigenvalue weighted by Gasteiger charge is 2.50. The van der Waals surface area contributed by atoms with Crippen LogP contribution in [0.5, 0.6) is 11.5 Å². The van der Waals surface area contributed by atoms with Crippen LogP contribution < -0.4 is 14.4 Å². The van der Waals surface area contributed by atoms with E-state index in [2.05, 4.69) is 20.9 Å². The predicted molar refractivity (Wildman–Crippen MR) is 136 cm³/mol. The molecule has 2 heterocycles. The number of hydrogen-bond donors (Lipinski definition) is 0. The third kappa shape index (κ3) is 4.93. The number of benzene rings is 2. The van der Waals surface area contributed by atoms with Gasteiger partial charge in [0, 0.05) is 15.4 Å². The van der Waals surface area contributed by atoms with Crippen LogP contribution in [0.15, 0.2) is 39.8 Å². The highest BCUT2D eigenvalue weighted by Crippen LogP contribution is 2.43. The van der Waals surface area contributed by atoms with E-state index in [4.69, 9.17) is 9.47 Å². The van der Waals surface area contributed by atoms with Crippen molar-refractivity contribution in [3.63, 3.8) is 0 Å². The fourth-order valence-corrected chi connectivity index (χ4v) is 9.02. The van der Waals surface area contributed by atoms with E-state index in [0.29, 0.717) is 16.7 Å².